The largest absolute Gasteiger partial charge is 0.494 e. The number of imide groups is 1. The highest BCUT2D eigenvalue weighted by atomic mass is 16.5. The number of amides is 2. The highest BCUT2D eigenvalue weighted by Gasteiger charge is 2.46. The summed E-state index contributed by atoms with van der Waals surface area (Å²) in [6, 6.07) is 8.59. The smallest absolute Gasteiger partial charge is 0.292 e. The lowest BCUT2D eigenvalue weighted by Crippen LogP contribution is -3.19. The zero-order valence-corrected chi connectivity index (χ0v) is 15.9. The fourth-order valence-electron chi connectivity index (χ4n) is 3.88. The van der Waals surface area contributed by atoms with Gasteiger partial charge < -0.3 is 14.5 Å². The monoisotopic (exact) mass is 382 g/mol. The standard InChI is InChI=1S/C20H23N5O3/c1-2-28-16-6-4-15(5-7-16)25-18(26)14-17(19(25)27)23-10-12-24(13-11-23)20-21-8-3-9-22-20/h3-9,17H,2,10-14H2,1H3/p+1/t17-/m1/s1. The number of carbonyl (C=O) groups excluding carboxylic acids is 2. The first-order valence-electron chi connectivity index (χ1n) is 9.63. The van der Waals surface area contributed by atoms with Gasteiger partial charge in [0, 0.05) is 12.4 Å². The van der Waals surface area contributed by atoms with E-state index in [0.29, 0.717) is 18.2 Å². The van der Waals surface area contributed by atoms with Crippen LogP contribution in [0.15, 0.2) is 42.7 Å². The summed E-state index contributed by atoms with van der Waals surface area (Å²) >= 11 is 0. The van der Waals surface area contributed by atoms with E-state index in [1.807, 2.05) is 6.92 Å². The van der Waals surface area contributed by atoms with Gasteiger partial charge in [-0.2, -0.15) is 0 Å². The fourth-order valence-corrected chi connectivity index (χ4v) is 3.88. The van der Waals surface area contributed by atoms with Gasteiger partial charge in [0.1, 0.15) is 5.75 Å². The Morgan fingerprint density at radius 2 is 1.79 bits per heavy atom. The predicted octanol–water partition coefficient (Wildman–Crippen LogP) is -0.0877. The summed E-state index contributed by atoms with van der Waals surface area (Å²) < 4.78 is 5.43. The minimum atomic E-state index is -0.321. The molecule has 0 unspecified atom stereocenters. The Kier molecular flexibility index (Phi) is 5.21. The topological polar surface area (TPSA) is 80.1 Å². The minimum Gasteiger partial charge on any atom is -0.494 e. The molecular weight excluding hydrogens is 358 g/mol. The molecule has 8 nitrogen and oxygen atoms in total. The summed E-state index contributed by atoms with van der Waals surface area (Å²) in [6.07, 6.45) is 3.72. The first kappa shape index (κ1) is 18.4. The molecule has 28 heavy (non-hydrogen) atoms. The number of hydrogen-bond donors (Lipinski definition) is 1. The highest BCUT2D eigenvalue weighted by molar-refractivity contribution is 6.21. The Hall–Kier alpha value is -3.00. The van der Waals surface area contributed by atoms with Crippen molar-refractivity contribution in [2.45, 2.75) is 19.4 Å². The fraction of sp³-hybridized carbons (Fsp3) is 0.400. The van der Waals surface area contributed by atoms with Crippen molar-refractivity contribution in [3.05, 3.63) is 42.7 Å². The van der Waals surface area contributed by atoms with E-state index in [2.05, 4.69) is 14.9 Å². The van der Waals surface area contributed by atoms with Crippen LogP contribution in [0, 0.1) is 0 Å². The number of quaternary nitrogens is 1. The van der Waals surface area contributed by atoms with E-state index in [1.54, 1.807) is 42.7 Å². The van der Waals surface area contributed by atoms with Gasteiger partial charge in [0.15, 0.2) is 6.04 Å². The Labute approximate surface area is 163 Å². The molecule has 0 radical (unpaired) electrons. The molecule has 0 spiro atoms. The minimum absolute atomic E-state index is 0.117. The second-order valence-electron chi connectivity index (χ2n) is 6.95. The summed E-state index contributed by atoms with van der Waals surface area (Å²) in [4.78, 5) is 38.7. The molecule has 2 aromatic rings. The summed E-state index contributed by atoms with van der Waals surface area (Å²) in [5.74, 6) is 1.19. The van der Waals surface area contributed by atoms with Crippen LogP contribution >= 0.6 is 0 Å². The van der Waals surface area contributed by atoms with Crippen LogP contribution in [0.25, 0.3) is 0 Å². The molecular formula is C20H24N5O3+. The molecule has 2 aliphatic rings. The van der Waals surface area contributed by atoms with E-state index in [-0.39, 0.29) is 24.3 Å². The van der Waals surface area contributed by atoms with Gasteiger partial charge in [-0.1, -0.05) is 0 Å². The first-order valence-corrected chi connectivity index (χ1v) is 9.63. The van der Waals surface area contributed by atoms with Gasteiger partial charge in [-0.25, -0.2) is 14.9 Å². The Balaban J connectivity index is 1.41. The van der Waals surface area contributed by atoms with Crippen molar-refractivity contribution in [3.8, 4) is 5.75 Å². The number of aromatic nitrogens is 2. The maximum absolute atomic E-state index is 13.0. The van der Waals surface area contributed by atoms with E-state index in [1.165, 1.54) is 4.90 Å². The number of anilines is 2. The molecule has 0 saturated carbocycles. The highest BCUT2D eigenvalue weighted by Crippen LogP contribution is 2.24. The van der Waals surface area contributed by atoms with Crippen LogP contribution < -0.4 is 19.4 Å². The van der Waals surface area contributed by atoms with Crippen LogP contribution in [-0.4, -0.2) is 60.6 Å². The molecule has 2 aliphatic heterocycles. The number of carbonyl (C=O) groups is 2. The normalized spacial score (nSPS) is 20.7. The quantitative estimate of drug-likeness (QED) is 0.729. The Morgan fingerprint density at radius 1 is 1.11 bits per heavy atom. The van der Waals surface area contributed by atoms with Gasteiger partial charge in [0.25, 0.3) is 5.91 Å². The zero-order chi connectivity index (χ0) is 19.5. The average Bonchev–Trinajstić information content (AvgIpc) is 3.04. The summed E-state index contributed by atoms with van der Waals surface area (Å²) in [6.45, 7) is 5.57. The number of hydrogen-bond acceptors (Lipinski definition) is 6. The van der Waals surface area contributed by atoms with Crippen molar-refractivity contribution < 1.29 is 19.2 Å². The molecule has 1 aromatic heterocycles. The number of piperazine rings is 1. The lowest BCUT2D eigenvalue weighted by atomic mass is 10.2. The van der Waals surface area contributed by atoms with E-state index in [9.17, 15) is 9.59 Å². The van der Waals surface area contributed by atoms with Crippen molar-refractivity contribution in [3.63, 3.8) is 0 Å². The van der Waals surface area contributed by atoms with E-state index >= 15 is 0 Å². The van der Waals surface area contributed by atoms with Gasteiger partial charge in [0.2, 0.25) is 11.9 Å². The predicted molar refractivity (Wildman–Crippen MR) is 103 cm³/mol. The SMILES string of the molecule is CCOc1ccc(N2C(=O)C[C@@H]([NH+]3CCN(c4ncccn4)CC3)C2=O)cc1. The molecule has 3 heterocycles. The molecule has 4 rings (SSSR count). The molecule has 2 fully saturated rings. The van der Waals surface area contributed by atoms with Crippen molar-refractivity contribution in [1.82, 2.24) is 9.97 Å². The third-order valence-corrected chi connectivity index (χ3v) is 5.29. The number of rotatable bonds is 5. The third kappa shape index (κ3) is 3.55. The van der Waals surface area contributed by atoms with Gasteiger partial charge in [-0.05, 0) is 37.3 Å². The maximum atomic E-state index is 13.0. The van der Waals surface area contributed by atoms with Crippen molar-refractivity contribution >= 4 is 23.5 Å². The van der Waals surface area contributed by atoms with E-state index < -0.39 is 0 Å². The summed E-state index contributed by atoms with van der Waals surface area (Å²) in [7, 11) is 0. The molecule has 146 valence electrons. The number of nitrogens with one attached hydrogen (secondary N) is 1. The molecule has 1 aromatic carbocycles. The van der Waals surface area contributed by atoms with E-state index in [0.717, 1.165) is 36.8 Å². The van der Waals surface area contributed by atoms with Crippen molar-refractivity contribution in [2.75, 3.05) is 42.6 Å². The van der Waals surface area contributed by atoms with Crippen LogP contribution in [0.1, 0.15) is 13.3 Å². The van der Waals surface area contributed by atoms with Crippen LogP contribution in [0.4, 0.5) is 11.6 Å². The van der Waals surface area contributed by atoms with E-state index in [4.69, 9.17) is 4.74 Å². The van der Waals surface area contributed by atoms with Crippen molar-refractivity contribution in [1.29, 1.82) is 0 Å². The van der Waals surface area contributed by atoms with Crippen molar-refractivity contribution in [2.24, 2.45) is 0 Å². The second kappa shape index (κ2) is 7.93. The van der Waals surface area contributed by atoms with Crippen LogP contribution in [0.5, 0.6) is 5.75 Å². The average molecular weight is 382 g/mol. The van der Waals surface area contributed by atoms with Gasteiger partial charge >= 0.3 is 0 Å². The maximum Gasteiger partial charge on any atom is 0.292 e. The zero-order valence-electron chi connectivity index (χ0n) is 15.9. The van der Waals surface area contributed by atoms with Gasteiger partial charge in [0.05, 0.1) is 44.9 Å². The first-order chi connectivity index (χ1) is 13.7. The molecule has 8 heteroatoms. The van der Waals surface area contributed by atoms with Gasteiger partial charge in [-0.15, -0.1) is 0 Å². The van der Waals surface area contributed by atoms with Crippen LogP contribution in [-0.2, 0) is 9.59 Å². The molecule has 0 bridgehead atoms. The molecule has 2 amide bonds. The molecule has 1 atom stereocenters. The summed E-state index contributed by atoms with van der Waals surface area (Å²) in [5, 5.41) is 0. The Morgan fingerprint density at radius 3 is 2.43 bits per heavy atom. The lowest BCUT2D eigenvalue weighted by molar-refractivity contribution is -0.915. The third-order valence-electron chi connectivity index (χ3n) is 5.29. The van der Waals surface area contributed by atoms with Gasteiger partial charge in [-0.3, -0.25) is 9.59 Å². The molecule has 0 aliphatic carbocycles. The number of benzene rings is 1. The second-order valence-corrected chi connectivity index (χ2v) is 6.95. The Bertz CT molecular complexity index is 835. The molecule has 1 N–H and O–H groups in total. The number of nitrogens with zero attached hydrogens (tertiary/aromatic N) is 4. The van der Waals surface area contributed by atoms with Crippen LogP contribution in [0.2, 0.25) is 0 Å². The van der Waals surface area contributed by atoms with Crippen LogP contribution in [0.3, 0.4) is 0 Å². The molecule has 2 saturated heterocycles. The lowest BCUT2D eigenvalue weighted by Gasteiger charge is -2.34. The number of ether oxygens (including phenoxy) is 1. The summed E-state index contributed by atoms with van der Waals surface area (Å²) in [5.41, 5.74) is 0.608.